The van der Waals surface area contributed by atoms with Crippen molar-refractivity contribution in [3.63, 3.8) is 0 Å². The minimum absolute atomic E-state index is 0.0120. The lowest BCUT2D eigenvalue weighted by Gasteiger charge is -2.05. The molecule has 0 fully saturated rings. The van der Waals surface area contributed by atoms with E-state index < -0.39 is 0 Å². The summed E-state index contributed by atoms with van der Waals surface area (Å²) < 4.78 is 0. The quantitative estimate of drug-likeness (QED) is 0.681. The summed E-state index contributed by atoms with van der Waals surface area (Å²) in [4.78, 5) is 12.2. The van der Waals surface area contributed by atoms with Crippen LogP contribution >= 0.6 is 11.8 Å². The zero-order valence-electron chi connectivity index (χ0n) is 10.3. The van der Waals surface area contributed by atoms with Gasteiger partial charge < -0.3 is 16.2 Å². The highest BCUT2D eigenvalue weighted by Gasteiger charge is 2.05. The fourth-order valence-electron chi connectivity index (χ4n) is 1.41. The summed E-state index contributed by atoms with van der Waals surface area (Å²) in [5.74, 6) is 1.33. The number of benzene rings is 1. The van der Waals surface area contributed by atoms with Crippen molar-refractivity contribution >= 4 is 23.7 Å². The van der Waals surface area contributed by atoms with E-state index in [1.807, 2.05) is 30.3 Å². The van der Waals surface area contributed by atoms with Crippen LogP contribution in [0.5, 0.6) is 0 Å². The van der Waals surface area contributed by atoms with E-state index >= 15 is 0 Å². The fraction of sp³-hybridized carbons (Fsp3) is 0.250. The summed E-state index contributed by atoms with van der Waals surface area (Å²) in [6, 6.07) is 10.1. The van der Waals surface area contributed by atoms with Gasteiger partial charge in [0.2, 0.25) is 11.9 Å². The predicted molar refractivity (Wildman–Crippen MR) is 75.8 cm³/mol. The SMILES string of the molecule is Nc1nc(NCCO)nc(SCc2ccccc2)n1. The normalized spacial score (nSPS) is 10.4. The van der Waals surface area contributed by atoms with Gasteiger partial charge in [-0.3, -0.25) is 0 Å². The fourth-order valence-corrected chi connectivity index (χ4v) is 2.20. The topological polar surface area (TPSA) is 97.0 Å². The predicted octanol–water partition coefficient (Wildman–Crippen LogP) is 1.15. The molecule has 7 heteroatoms. The Balaban J connectivity index is 2.01. The van der Waals surface area contributed by atoms with Crippen molar-refractivity contribution in [1.82, 2.24) is 15.0 Å². The highest BCUT2D eigenvalue weighted by molar-refractivity contribution is 7.98. The first-order valence-electron chi connectivity index (χ1n) is 5.81. The van der Waals surface area contributed by atoms with E-state index in [9.17, 15) is 0 Å². The Hall–Kier alpha value is -1.86. The summed E-state index contributed by atoms with van der Waals surface area (Å²) in [6.07, 6.45) is 0. The highest BCUT2D eigenvalue weighted by atomic mass is 32.2. The summed E-state index contributed by atoms with van der Waals surface area (Å²) in [6.45, 7) is 0.393. The molecule has 2 rings (SSSR count). The smallest absolute Gasteiger partial charge is 0.228 e. The molecule has 0 aliphatic carbocycles. The van der Waals surface area contributed by atoms with Gasteiger partial charge in [0.15, 0.2) is 5.16 Å². The molecule has 100 valence electrons. The minimum atomic E-state index is 0.0120. The summed E-state index contributed by atoms with van der Waals surface area (Å²) in [5.41, 5.74) is 6.81. The maximum absolute atomic E-state index is 8.75. The van der Waals surface area contributed by atoms with Gasteiger partial charge in [0.05, 0.1) is 6.61 Å². The van der Waals surface area contributed by atoms with Crippen molar-refractivity contribution in [2.24, 2.45) is 0 Å². The second kappa shape index (κ2) is 6.91. The maximum Gasteiger partial charge on any atom is 0.228 e. The maximum atomic E-state index is 8.75. The Morgan fingerprint density at radius 3 is 2.68 bits per heavy atom. The molecule has 0 radical (unpaired) electrons. The Morgan fingerprint density at radius 1 is 1.16 bits per heavy atom. The van der Waals surface area contributed by atoms with Crippen LogP contribution in [0.1, 0.15) is 5.56 Å². The van der Waals surface area contributed by atoms with E-state index in [0.29, 0.717) is 17.6 Å². The largest absolute Gasteiger partial charge is 0.395 e. The molecule has 2 aromatic rings. The Kier molecular flexibility index (Phi) is 4.93. The lowest BCUT2D eigenvalue weighted by Crippen LogP contribution is -2.11. The second-order valence-corrected chi connectivity index (χ2v) is 4.67. The molecule has 0 bridgehead atoms. The van der Waals surface area contributed by atoms with Crippen LogP contribution in [-0.2, 0) is 5.75 Å². The number of anilines is 2. The van der Waals surface area contributed by atoms with Gasteiger partial charge in [-0.05, 0) is 5.56 Å². The zero-order chi connectivity index (χ0) is 13.5. The van der Waals surface area contributed by atoms with E-state index in [1.165, 1.54) is 17.3 Å². The molecule has 0 aliphatic rings. The Morgan fingerprint density at radius 2 is 1.95 bits per heavy atom. The van der Waals surface area contributed by atoms with Gasteiger partial charge in [0, 0.05) is 12.3 Å². The first-order valence-corrected chi connectivity index (χ1v) is 6.79. The molecular formula is C12H15N5OS. The number of nitrogen functional groups attached to an aromatic ring is 1. The average Bonchev–Trinajstić information content (AvgIpc) is 2.43. The number of nitrogens with two attached hydrogens (primary N) is 1. The first-order chi connectivity index (χ1) is 9.28. The van der Waals surface area contributed by atoms with Gasteiger partial charge in [-0.25, -0.2) is 0 Å². The van der Waals surface area contributed by atoms with E-state index in [-0.39, 0.29) is 12.6 Å². The monoisotopic (exact) mass is 277 g/mol. The van der Waals surface area contributed by atoms with Crippen LogP contribution in [0, 0.1) is 0 Å². The molecule has 6 nitrogen and oxygen atoms in total. The molecule has 4 N–H and O–H groups in total. The summed E-state index contributed by atoms with van der Waals surface area (Å²) >= 11 is 1.49. The average molecular weight is 277 g/mol. The van der Waals surface area contributed by atoms with Crippen molar-refractivity contribution in [2.45, 2.75) is 10.9 Å². The number of rotatable bonds is 6. The molecule has 0 saturated heterocycles. The van der Waals surface area contributed by atoms with Crippen LogP contribution in [0.3, 0.4) is 0 Å². The lowest BCUT2D eigenvalue weighted by atomic mass is 10.2. The molecule has 0 saturated carbocycles. The van der Waals surface area contributed by atoms with Gasteiger partial charge in [0.1, 0.15) is 0 Å². The van der Waals surface area contributed by atoms with Crippen molar-refractivity contribution in [1.29, 1.82) is 0 Å². The molecule has 0 unspecified atom stereocenters. The van der Waals surface area contributed by atoms with Crippen molar-refractivity contribution < 1.29 is 5.11 Å². The molecular weight excluding hydrogens is 262 g/mol. The third-order valence-corrected chi connectivity index (χ3v) is 3.16. The van der Waals surface area contributed by atoms with Gasteiger partial charge in [-0.1, -0.05) is 42.1 Å². The highest BCUT2D eigenvalue weighted by Crippen LogP contribution is 2.20. The number of nitrogens with zero attached hydrogens (tertiary/aromatic N) is 3. The Labute approximate surface area is 115 Å². The third-order valence-electron chi connectivity index (χ3n) is 2.24. The van der Waals surface area contributed by atoms with Crippen LogP contribution in [-0.4, -0.2) is 33.2 Å². The van der Waals surface area contributed by atoms with Gasteiger partial charge in [0.25, 0.3) is 0 Å². The van der Waals surface area contributed by atoms with E-state index in [1.54, 1.807) is 0 Å². The molecule has 1 heterocycles. The Bertz CT molecular complexity index is 523. The van der Waals surface area contributed by atoms with Crippen LogP contribution in [0.25, 0.3) is 0 Å². The molecule has 19 heavy (non-hydrogen) atoms. The number of nitrogens with one attached hydrogen (secondary N) is 1. The summed E-state index contributed by atoms with van der Waals surface area (Å²) in [7, 11) is 0. The van der Waals surface area contributed by atoms with Crippen molar-refractivity contribution in [3.05, 3.63) is 35.9 Å². The van der Waals surface area contributed by atoms with Crippen molar-refractivity contribution in [2.75, 3.05) is 24.2 Å². The van der Waals surface area contributed by atoms with Gasteiger partial charge in [-0.15, -0.1) is 0 Å². The minimum Gasteiger partial charge on any atom is -0.395 e. The van der Waals surface area contributed by atoms with Gasteiger partial charge in [-0.2, -0.15) is 15.0 Å². The molecule has 0 spiro atoms. The molecule has 0 atom stereocenters. The molecule has 0 amide bonds. The standard InChI is InChI=1S/C12H15N5OS/c13-10-15-11(14-6-7-18)17-12(16-10)19-8-9-4-2-1-3-5-9/h1-5,18H,6-8H2,(H3,13,14,15,16,17). The van der Waals surface area contributed by atoms with Crippen LogP contribution in [0.2, 0.25) is 0 Å². The molecule has 1 aromatic carbocycles. The third kappa shape index (κ3) is 4.38. The number of aliphatic hydroxyl groups excluding tert-OH is 1. The molecule has 1 aromatic heterocycles. The molecule has 0 aliphatic heterocycles. The first kappa shape index (κ1) is 13.6. The second-order valence-electron chi connectivity index (χ2n) is 3.72. The van der Waals surface area contributed by atoms with E-state index in [4.69, 9.17) is 10.8 Å². The number of aromatic nitrogens is 3. The number of aliphatic hydroxyl groups is 1. The van der Waals surface area contributed by atoms with Crippen LogP contribution in [0.15, 0.2) is 35.5 Å². The number of hydrogen-bond acceptors (Lipinski definition) is 7. The number of hydrogen-bond donors (Lipinski definition) is 3. The number of thioether (sulfide) groups is 1. The van der Waals surface area contributed by atoms with E-state index in [0.717, 1.165) is 5.75 Å². The lowest BCUT2D eigenvalue weighted by molar-refractivity contribution is 0.310. The van der Waals surface area contributed by atoms with E-state index in [2.05, 4.69) is 20.3 Å². The van der Waals surface area contributed by atoms with Crippen molar-refractivity contribution in [3.8, 4) is 0 Å². The zero-order valence-corrected chi connectivity index (χ0v) is 11.1. The van der Waals surface area contributed by atoms with Crippen LogP contribution < -0.4 is 11.1 Å². The van der Waals surface area contributed by atoms with Gasteiger partial charge >= 0.3 is 0 Å². The van der Waals surface area contributed by atoms with Crippen LogP contribution in [0.4, 0.5) is 11.9 Å². The summed E-state index contributed by atoms with van der Waals surface area (Å²) in [5, 5.41) is 12.2.